The van der Waals surface area contributed by atoms with Gasteiger partial charge in [-0.15, -0.1) is 0 Å². The van der Waals surface area contributed by atoms with Gasteiger partial charge in [-0.3, -0.25) is 0 Å². The molecular weight excluding hydrogens is 330 g/mol. The summed E-state index contributed by atoms with van der Waals surface area (Å²) in [4.78, 5) is 8.93. The fourth-order valence-electron chi connectivity index (χ4n) is 2.63. The summed E-state index contributed by atoms with van der Waals surface area (Å²) in [6.07, 6.45) is 3.40. The van der Waals surface area contributed by atoms with Crippen LogP contribution < -0.4 is 15.4 Å². The minimum absolute atomic E-state index is 0.489. The average Bonchev–Trinajstić information content (AvgIpc) is 3.07. The van der Waals surface area contributed by atoms with Crippen molar-refractivity contribution in [3.63, 3.8) is 0 Å². The van der Waals surface area contributed by atoms with E-state index < -0.39 is 0 Å². The van der Waals surface area contributed by atoms with E-state index in [1.807, 2.05) is 26.0 Å². The predicted octanol–water partition coefficient (Wildman–Crippen LogP) is 2.85. The van der Waals surface area contributed by atoms with Gasteiger partial charge in [0.05, 0.1) is 18.8 Å². The molecule has 0 amide bonds. The van der Waals surface area contributed by atoms with Crippen LogP contribution in [0.3, 0.4) is 0 Å². The first-order valence-corrected chi connectivity index (χ1v) is 9.28. The molecule has 2 rings (SSSR count). The number of aliphatic imine (C=N–C) groups is 1. The Hall–Kier alpha value is -2.57. The second-order valence-corrected chi connectivity index (χ2v) is 5.69. The van der Waals surface area contributed by atoms with Crippen molar-refractivity contribution in [2.24, 2.45) is 4.99 Å². The Balaban J connectivity index is 2.09. The molecule has 0 saturated heterocycles. The molecule has 7 nitrogen and oxygen atoms in total. The van der Waals surface area contributed by atoms with Gasteiger partial charge in [0.1, 0.15) is 5.76 Å². The lowest BCUT2D eigenvalue weighted by molar-refractivity contribution is 0.323. The van der Waals surface area contributed by atoms with Gasteiger partial charge < -0.3 is 19.9 Å². The maximum atomic E-state index is 5.57. The number of aryl methyl sites for hydroxylation is 2. The molecule has 0 atom stereocenters. The largest absolute Gasteiger partial charge is 0.478 e. The predicted molar refractivity (Wildman–Crippen MR) is 102 cm³/mol. The molecular formula is C19H29N5O2. The van der Waals surface area contributed by atoms with Gasteiger partial charge in [0.2, 0.25) is 5.88 Å². The van der Waals surface area contributed by atoms with Crippen LogP contribution in [-0.2, 0) is 25.9 Å². The number of ether oxygens (including phenoxy) is 1. The molecule has 0 aliphatic heterocycles. The fourth-order valence-corrected chi connectivity index (χ4v) is 2.63. The van der Waals surface area contributed by atoms with Gasteiger partial charge in [-0.25, -0.2) is 9.98 Å². The van der Waals surface area contributed by atoms with E-state index in [2.05, 4.69) is 39.6 Å². The summed E-state index contributed by atoms with van der Waals surface area (Å²) in [5, 5.41) is 10.8. The summed E-state index contributed by atoms with van der Waals surface area (Å²) in [5.74, 6) is 2.30. The van der Waals surface area contributed by atoms with E-state index in [0.717, 1.165) is 47.9 Å². The molecule has 0 saturated carbocycles. The summed E-state index contributed by atoms with van der Waals surface area (Å²) in [7, 11) is 0. The molecule has 0 fully saturated rings. The van der Waals surface area contributed by atoms with Crippen LogP contribution in [-0.4, -0.2) is 29.3 Å². The molecule has 2 aromatic heterocycles. The third-order valence-corrected chi connectivity index (χ3v) is 3.92. The minimum Gasteiger partial charge on any atom is -0.478 e. The van der Waals surface area contributed by atoms with Gasteiger partial charge in [-0.1, -0.05) is 25.1 Å². The minimum atomic E-state index is 0.489. The van der Waals surface area contributed by atoms with Gasteiger partial charge in [0.25, 0.3) is 0 Å². The highest BCUT2D eigenvalue weighted by atomic mass is 16.5. The highest BCUT2D eigenvalue weighted by Gasteiger charge is 2.13. The zero-order valence-electron chi connectivity index (χ0n) is 16.1. The van der Waals surface area contributed by atoms with E-state index in [4.69, 9.17) is 9.26 Å². The second-order valence-electron chi connectivity index (χ2n) is 5.69. The Labute approximate surface area is 155 Å². The lowest BCUT2D eigenvalue weighted by atomic mass is 10.1. The van der Waals surface area contributed by atoms with Crippen LogP contribution in [0.5, 0.6) is 5.88 Å². The van der Waals surface area contributed by atoms with Gasteiger partial charge in [-0.2, -0.15) is 0 Å². The van der Waals surface area contributed by atoms with Crippen molar-refractivity contribution in [2.45, 2.75) is 53.6 Å². The number of guanidine groups is 1. The molecule has 2 heterocycles. The second kappa shape index (κ2) is 10.4. The summed E-state index contributed by atoms with van der Waals surface area (Å²) < 4.78 is 11.0. The van der Waals surface area contributed by atoms with Gasteiger partial charge in [0, 0.05) is 36.8 Å². The number of pyridine rings is 1. The number of nitrogens with zero attached hydrogens (tertiary/aromatic N) is 3. The molecule has 0 aliphatic rings. The average molecular weight is 359 g/mol. The molecule has 0 bridgehead atoms. The van der Waals surface area contributed by atoms with Crippen LogP contribution in [0.2, 0.25) is 0 Å². The SMILES string of the molecule is CCNC(=NCc1cccnc1OCC)NCc1c(CC)noc1CC. The number of aromatic nitrogens is 2. The Morgan fingerprint density at radius 3 is 2.73 bits per heavy atom. The van der Waals surface area contributed by atoms with Gasteiger partial charge >= 0.3 is 0 Å². The molecule has 0 spiro atoms. The lowest BCUT2D eigenvalue weighted by Gasteiger charge is -2.12. The number of hydrogen-bond acceptors (Lipinski definition) is 5. The normalized spacial score (nSPS) is 11.5. The van der Waals surface area contributed by atoms with Crippen molar-refractivity contribution in [2.75, 3.05) is 13.2 Å². The van der Waals surface area contributed by atoms with Crippen LogP contribution in [0, 0.1) is 0 Å². The van der Waals surface area contributed by atoms with Crippen LogP contribution >= 0.6 is 0 Å². The van der Waals surface area contributed by atoms with Crippen LogP contribution in [0.25, 0.3) is 0 Å². The zero-order valence-corrected chi connectivity index (χ0v) is 16.1. The first-order chi connectivity index (χ1) is 12.7. The van der Waals surface area contributed by atoms with Crippen molar-refractivity contribution in [1.82, 2.24) is 20.8 Å². The Kier molecular flexibility index (Phi) is 7.92. The summed E-state index contributed by atoms with van der Waals surface area (Å²) in [6.45, 7) is 10.6. The fraction of sp³-hybridized carbons (Fsp3) is 0.526. The summed E-state index contributed by atoms with van der Waals surface area (Å²) >= 11 is 0. The van der Waals surface area contributed by atoms with Crippen LogP contribution in [0.15, 0.2) is 27.8 Å². The molecule has 7 heteroatoms. The summed E-state index contributed by atoms with van der Waals surface area (Å²) in [5.41, 5.74) is 3.08. The van der Waals surface area contributed by atoms with E-state index in [9.17, 15) is 0 Å². The molecule has 26 heavy (non-hydrogen) atoms. The van der Waals surface area contributed by atoms with Crippen molar-refractivity contribution in [3.8, 4) is 5.88 Å². The van der Waals surface area contributed by atoms with Crippen LogP contribution in [0.1, 0.15) is 50.3 Å². The monoisotopic (exact) mass is 359 g/mol. The molecule has 142 valence electrons. The van der Waals surface area contributed by atoms with E-state index >= 15 is 0 Å². The summed E-state index contributed by atoms with van der Waals surface area (Å²) in [6, 6.07) is 3.88. The lowest BCUT2D eigenvalue weighted by Crippen LogP contribution is -2.37. The molecule has 0 unspecified atom stereocenters. The third-order valence-electron chi connectivity index (χ3n) is 3.92. The van der Waals surface area contributed by atoms with Crippen molar-refractivity contribution in [1.29, 1.82) is 0 Å². The van der Waals surface area contributed by atoms with Crippen molar-refractivity contribution in [3.05, 3.63) is 40.9 Å². The maximum absolute atomic E-state index is 5.57. The molecule has 2 aromatic rings. The molecule has 0 aromatic carbocycles. The van der Waals surface area contributed by atoms with Gasteiger partial charge in [-0.05, 0) is 26.3 Å². The van der Waals surface area contributed by atoms with Gasteiger partial charge in [0.15, 0.2) is 5.96 Å². The Bertz CT molecular complexity index is 690. The number of rotatable bonds is 9. The molecule has 2 N–H and O–H groups in total. The quantitative estimate of drug-likeness (QED) is 0.529. The topological polar surface area (TPSA) is 84.6 Å². The van der Waals surface area contributed by atoms with Crippen LogP contribution in [0.4, 0.5) is 0 Å². The zero-order chi connectivity index (χ0) is 18.8. The standard InChI is InChI=1S/C19H29N5O2/c1-5-16-15(17(6-2)26-24-16)13-23-19(20-7-3)22-12-14-10-9-11-21-18(14)25-8-4/h9-11H,5-8,12-13H2,1-4H3,(H2,20,22,23). The molecule has 0 radical (unpaired) electrons. The number of nitrogens with one attached hydrogen (secondary N) is 2. The van der Waals surface area contributed by atoms with E-state index in [-0.39, 0.29) is 0 Å². The Morgan fingerprint density at radius 2 is 2.04 bits per heavy atom. The first kappa shape index (κ1) is 19.8. The number of hydrogen-bond donors (Lipinski definition) is 2. The van der Waals surface area contributed by atoms with E-state index in [1.165, 1.54) is 0 Å². The Morgan fingerprint density at radius 1 is 1.19 bits per heavy atom. The smallest absolute Gasteiger partial charge is 0.218 e. The maximum Gasteiger partial charge on any atom is 0.218 e. The third kappa shape index (κ3) is 5.21. The van der Waals surface area contributed by atoms with E-state index in [1.54, 1.807) is 6.20 Å². The highest BCUT2D eigenvalue weighted by Crippen LogP contribution is 2.16. The van der Waals surface area contributed by atoms with Crippen molar-refractivity contribution >= 4 is 5.96 Å². The highest BCUT2D eigenvalue weighted by molar-refractivity contribution is 5.79. The van der Waals surface area contributed by atoms with Crippen molar-refractivity contribution < 1.29 is 9.26 Å². The first-order valence-electron chi connectivity index (χ1n) is 9.28. The molecule has 0 aliphatic carbocycles. The van der Waals surface area contributed by atoms with E-state index in [0.29, 0.717) is 25.6 Å².